The average Bonchev–Trinajstić information content (AvgIpc) is 2.90. The minimum atomic E-state index is -0.821. The summed E-state index contributed by atoms with van der Waals surface area (Å²) in [5.74, 6) is -1.38. The number of aliphatic carboxylic acids is 1. The van der Waals surface area contributed by atoms with Gasteiger partial charge in [0.2, 0.25) is 0 Å². The summed E-state index contributed by atoms with van der Waals surface area (Å²) in [5, 5.41) is 13.5. The van der Waals surface area contributed by atoms with Crippen LogP contribution in [0.1, 0.15) is 56.6 Å². The molecule has 1 atom stereocenters. The van der Waals surface area contributed by atoms with E-state index in [2.05, 4.69) is 25.9 Å². The molecule has 0 bridgehead atoms. The third-order valence-corrected chi connectivity index (χ3v) is 4.13. The number of aromatic nitrogens is 2. The molecule has 1 aliphatic rings. The van der Waals surface area contributed by atoms with Crippen molar-refractivity contribution in [3.63, 3.8) is 0 Å². The van der Waals surface area contributed by atoms with Crippen molar-refractivity contribution in [2.75, 3.05) is 13.1 Å². The number of likely N-dealkylation sites (tertiary alicyclic amines) is 1. The van der Waals surface area contributed by atoms with Crippen molar-refractivity contribution in [1.29, 1.82) is 0 Å². The van der Waals surface area contributed by atoms with Gasteiger partial charge >= 0.3 is 5.97 Å². The van der Waals surface area contributed by atoms with Crippen molar-refractivity contribution >= 4 is 11.9 Å². The Morgan fingerprint density at radius 1 is 1.41 bits per heavy atom. The summed E-state index contributed by atoms with van der Waals surface area (Å²) in [4.78, 5) is 25.6. The fraction of sp³-hybridized carbons (Fsp3) is 0.688. The highest BCUT2D eigenvalue weighted by Gasteiger charge is 2.31. The first kappa shape index (κ1) is 16.5. The molecule has 0 saturated carbocycles. The molecule has 1 N–H and O–H groups in total. The molecule has 0 aromatic carbocycles. The molecule has 1 aliphatic heterocycles. The van der Waals surface area contributed by atoms with E-state index in [0.717, 1.165) is 12.1 Å². The minimum absolute atomic E-state index is 0.0988. The second-order valence-corrected chi connectivity index (χ2v) is 6.87. The Morgan fingerprint density at radius 3 is 2.64 bits per heavy atom. The first-order chi connectivity index (χ1) is 10.3. The molecule has 0 unspecified atom stereocenters. The van der Waals surface area contributed by atoms with Crippen molar-refractivity contribution in [3.05, 3.63) is 17.5 Å². The smallest absolute Gasteiger partial charge is 0.308 e. The standard InChI is InChI=1S/C16H25N3O3/c1-5-13-12(9-17-19(13)16(2,3)4)14(20)18-8-6-7-11(10-18)15(21)22/h9,11H,5-8,10H2,1-4H3,(H,21,22)/t11-/m1/s1. The first-order valence-corrected chi connectivity index (χ1v) is 7.85. The zero-order valence-corrected chi connectivity index (χ0v) is 13.8. The predicted octanol–water partition coefficient (Wildman–Crippen LogP) is 2.14. The number of carbonyl (C=O) groups excluding carboxylic acids is 1. The number of nitrogens with zero attached hydrogens (tertiary/aromatic N) is 3. The molecule has 0 aliphatic carbocycles. The third kappa shape index (κ3) is 3.15. The van der Waals surface area contributed by atoms with Gasteiger partial charge in [0, 0.05) is 13.1 Å². The van der Waals surface area contributed by atoms with Crippen LogP contribution in [0.3, 0.4) is 0 Å². The molecule has 6 nitrogen and oxygen atoms in total. The maximum atomic E-state index is 12.8. The van der Waals surface area contributed by atoms with Crippen LogP contribution in [0, 0.1) is 5.92 Å². The molecule has 0 radical (unpaired) electrons. The van der Waals surface area contributed by atoms with Gasteiger partial charge in [-0.3, -0.25) is 14.3 Å². The van der Waals surface area contributed by atoms with Crippen molar-refractivity contribution in [1.82, 2.24) is 14.7 Å². The van der Waals surface area contributed by atoms with Crippen LogP contribution in [0.2, 0.25) is 0 Å². The van der Waals surface area contributed by atoms with E-state index in [1.54, 1.807) is 11.1 Å². The number of hydrogen-bond donors (Lipinski definition) is 1. The lowest BCUT2D eigenvalue weighted by Gasteiger charge is -2.31. The number of carboxylic acid groups (broad SMARTS) is 1. The third-order valence-electron chi connectivity index (χ3n) is 4.13. The van der Waals surface area contributed by atoms with Crippen LogP contribution in [0.25, 0.3) is 0 Å². The van der Waals surface area contributed by atoms with Crippen LogP contribution < -0.4 is 0 Å². The fourth-order valence-corrected chi connectivity index (χ4v) is 3.00. The lowest BCUT2D eigenvalue weighted by atomic mass is 9.97. The summed E-state index contributed by atoms with van der Waals surface area (Å²) in [7, 11) is 0. The van der Waals surface area contributed by atoms with E-state index in [4.69, 9.17) is 5.11 Å². The Kier molecular flexibility index (Phi) is 4.58. The van der Waals surface area contributed by atoms with E-state index in [9.17, 15) is 9.59 Å². The topological polar surface area (TPSA) is 75.4 Å². The molecule has 2 heterocycles. The molecule has 122 valence electrons. The maximum Gasteiger partial charge on any atom is 0.308 e. The molecule has 0 spiro atoms. The first-order valence-electron chi connectivity index (χ1n) is 7.85. The summed E-state index contributed by atoms with van der Waals surface area (Å²) in [6, 6.07) is 0. The van der Waals surface area contributed by atoms with E-state index >= 15 is 0 Å². The molecule has 1 fully saturated rings. The Hall–Kier alpha value is -1.85. The quantitative estimate of drug-likeness (QED) is 0.928. The predicted molar refractivity (Wildman–Crippen MR) is 82.9 cm³/mol. The highest BCUT2D eigenvalue weighted by atomic mass is 16.4. The van der Waals surface area contributed by atoms with Gasteiger partial charge in [0.25, 0.3) is 5.91 Å². The lowest BCUT2D eigenvalue weighted by Crippen LogP contribution is -2.42. The zero-order valence-electron chi connectivity index (χ0n) is 13.8. The molecule has 1 aromatic heterocycles. The summed E-state index contributed by atoms with van der Waals surface area (Å²) < 4.78 is 1.89. The summed E-state index contributed by atoms with van der Waals surface area (Å²) >= 11 is 0. The molecule has 1 aromatic rings. The van der Waals surface area contributed by atoms with Gasteiger partial charge in [-0.15, -0.1) is 0 Å². The number of hydrogen-bond acceptors (Lipinski definition) is 3. The van der Waals surface area contributed by atoms with E-state index in [1.165, 1.54) is 0 Å². The SMILES string of the molecule is CCc1c(C(=O)N2CCC[C@@H](C(=O)O)C2)cnn1C(C)(C)C. The Morgan fingerprint density at radius 2 is 2.09 bits per heavy atom. The Labute approximate surface area is 131 Å². The van der Waals surface area contributed by atoms with Crippen molar-refractivity contribution in [3.8, 4) is 0 Å². The van der Waals surface area contributed by atoms with Crippen LogP contribution >= 0.6 is 0 Å². The minimum Gasteiger partial charge on any atom is -0.481 e. The van der Waals surface area contributed by atoms with Gasteiger partial charge in [0.05, 0.1) is 28.9 Å². The van der Waals surface area contributed by atoms with Crippen LogP contribution in [0.5, 0.6) is 0 Å². The van der Waals surface area contributed by atoms with Crippen LogP contribution in [-0.2, 0) is 16.8 Å². The number of piperidine rings is 1. The fourth-order valence-electron chi connectivity index (χ4n) is 3.00. The van der Waals surface area contributed by atoms with E-state index in [1.807, 2.05) is 11.6 Å². The van der Waals surface area contributed by atoms with Crippen molar-refractivity contribution in [2.24, 2.45) is 5.92 Å². The van der Waals surface area contributed by atoms with Gasteiger partial charge in [0.15, 0.2) is 0 Å². The van der Waals surface area contributed by atoms with Gasteiger partial charge in [-0.25, -0.2) is 0 Å². The van der Waals surface area contributed by atoms with E-state index < -0.39 is 11.9 Å². The molecule has 1 amide bonds. The van der Waals surface area contributed by atoms with Crippen molar-refractivity contribution < 1.29 is 14.7 Å². The van der Waals surface area contributed by atoms with E-state index in [-0.39, 0.29) is 18.0 Å². The summed E-state index contributed by atoms with van der Waals surface area (Å²) in [6.07, 6.45) is 3.71. The van der Waals surface area contributed by atoms with Gasteiger partial charge < -0.3 is 10.0 Å². The van der Waals surface area contributed by atoms with Crippen LogP contribution in [0.4, 0.5) is 0 Å². The average molecular weight is 307 g/mol. The van der Waals surface area contributed by atoms with Gasteiger partial charge in [-0.05, 0) is 40.0 Å². The van der Waals surface area contributed by atoms with Crippen LogP contribution in [0.15, 0.2) is 6.20 Å². The van der Waals surface area contributed by atoms with Crippen molar-refractivity contribution in [2.45, 2.75) is 52.5 Å². The molecule has 1 saturated heterocycles. The monoisotopic (exact) mass is 307 g/mol. The van der Waals surface area contributed by atoms with E-state index in [0.29, 0.717) is 24.9 Å². The van der Waals surface area contributed by atoms with Gasteiger partial charge in [0.1, 0.15) is 0 Å². The number of amides is 1. The molecule has 2 rings (SSSR count). The molecular formula is C16H25N3O3. The van der Waals surface area contributed by atoms with Gasteiger partial charge in [-0.2, -0.15) is 5.10 Å². The lowest BCUT2D eigenvalue weighted by molar-refractivity contribution is -0.143. The zero-order chi connectivity index (χ0) is 16.5. The number of carbonyl (C=O) groups is 2. The van der Waals surface area contributed by atoms with Gasteiger partial charge in [-0.1, -0.05) is 6.92 Å². The second kappa shape index (κ2) is 6.10. The summed E-state index contributed by atoms with van der Waals surface area (Å²) in [6.45, 7) is 9.06. The molecule has 22 heavy (non-hydrogen) atoms. The second-order valence-electron chi connectivity index (χ2n) is 6.87. The Bertz CT molecular complexity index is 572. The normalized spacial score (nSPS) is 19.3. The summed E-state index contributed by atoms with van der Waals surface area (Å²) in [5.41, 5.74) is 1.33. The largest absolute Gasteiger partial charge is 0.481 e. The highest BCUT2D eigenvalue weighted by Crippen LogP contribution is 2.23. The van der Waals surface area contributed by atoms with Crippen LogP contribution in [-0.4, -0.2) is 44.8 Å². The maximum absolute atomic E-state index is 12.8. The molecule has 6 heteroatoms. The highest BCUT2D eigenvalue weighted by molar-refractivity contribution is 5.95. The molecular weight excluding hydrogens is 282 g/mol. The Balaban J connectivity index is 2.26. The number of rotatable bonds is 3. The number of carboxylic acids is 1.